The molecular formula is C17H24N4. The van der Waals surface area contributed by atoms with E-state index < -0.39 is 0 Å². The quantitative estimate of drug-likeness (QED) is 0.843. The molecule has 2 aromatic rings. The van der Waals surface area contributed by atoms with Crippen molar-refractivity contribution in [1.29, 1.82) is 0 Å². The van der Waals surface area contributed by atoms with Crippen molar-refractivity contribution in [3.63, 3.8) is 0 Å². The average Bonchev–Trinajstić information content (AvgIpc) is 2.51. The molecule has 1 aromatic heterocycles. The van der Waals surface area contributed by atoms with Gasteiger partial charge in [-0.15, -0.1) is 0 Å². The largest absolute Gasteiger partial charge is 0.370 e. The number of para-hydroxylation sites is 1. The lowest BCUT2D eigenvalue weighted by atomic mass is 10.3. The molecule has 0 amide bonds. The zero-order valence-electron chi connectivity index (χ0n) is 13.1. The third-order valence-corrected chi connectivity index (χ3v) is 3.29. The Morgan fingerprint density at radius 1 is 1.10 bits per heavy atom. The zero-order valence-corrected chi connectivity index (χ0v) is 13.1. The molecule has 0 unspecified atom stereocenters. The van der Waals surface area contributed by atoms with Crippen molar-refractivity contribution in [2.24, 2.45) is 0 Å². The van der Waals surface area contributed by atoms with Gasteiger partial charge in [0.25, 0.3) is 0 Å². The summed E-state index contributed by atoms with van der Waals surface area (Å²) in [5.41, 5.74) is 2.20. The Bertz CT molecular complexity index is 554. The molecule has 0 saturated heterocycles. The van der Waals surface area contributed by atoms with Crippen molar-refractivity contribution < 1.29 is 0 Å². The number of aryl methyl sites for hydroxylation is 1. The van der Waals surface area contributed by atoms with Crippen molar-refractivity contribution in [1.82, 2.24) is 9.97 Å². The molecule has 0 saturated carbocycles. The number of anilines is 2. The van der Waals surface area contributed by atoms with Crippen LogP contribution in [0.3, 0.4) is 0 Å². The smallest absolute Gasteiger partial charge is 0.150 e. The molecule has 1 aromatic carbocycles. The maximum atomic E-state index is 4.62. The molecule has 0 aliphatic carbocycles. The van der Waals surface area contributed by atoms with E-state index in [4.69, 9.17) is 0 Å². The number of hydrogen-bond donors (Lipinski definition) is 1. The van der Waals surface area contributed by atoms with E-state index in [-0.39, 0.29) is 0 Å². The number of benzene rings is 1. The normalized spacial score (nSPS) is 10.4. The molecule has 4 heteroatoms. The van der Waals surface area contributed by atoms with E-state index in [2.05, 4.69) is 58.3 Å². The van der Waals surface area contributed by atoms with Crippen LogP contribution in [0.15, 0.2) is 36.4 Å². The zero-order chi connectivity index (χ0) is 15.1. The summed E-state index contributed by atoms with van der Waals surface area (Å²) in [5.74, 6) is 1.78. The van der Waals surface area contributed by atoms with Crippen molar-refractivity contribution in [2.75, 3.05) is 23.3 Å². The van der Waals surface area contributed by atoms with Gasteiger partial charge in [-0.05, 0) is 32.4 Å². The summed E-state index contributed by atoms with van der Waals surface area (Å²) in [4.78, 5) is 11.5. The van der Waals surface area contributed by atoms with Crippen molar-refractivity contribution in [2.45, 2.75) is 33.7 Å². The standard InChI is InChI=1S/C17H24N4/c1-4-11-18-16-12-14(3)19-17(20-16)13-21(5-2)15-9-7-6-8-10-15/h6-10,12H,4-5,11,13H2,1-3H3,(H,18,19,20). The van der Waals surface area contributed by atoms with Gasteiger partial charge in [-0.2, -0.15) is 0 Å². The summed E-state index contributed by atoms with van der Waals surface area (Å²) in [6.07, 6.45) is 1.09. The van der Waals surface area contributed by atoms with Crippen LogP contribution in [0.5, 0.6) is 0 Å². The van der Waals surface area contributed by atoms with Crippen LogP contribution in [0.4, 0.5) is 11.5 Å². The summed E-state index contributed by atoms with van der Waals surface area (Å²) in [5, 5.41) is 3.34. The number of aromatic nitrogens is 2. The first-order valence-corrected chi connectivity index (χ1v) is 7.61. The van der Waals surface area contributed by atoms with Crippen LogP contribution in [0, 0.1) is 6.92 Å². The Labute approximate surface area is 127 Å². The fourth-order valence-corrected chi connectivity index (χ4v) is 2.24. The van der Waals surface area contributed by atoms with E-state index in [9.17, 15) is 0 Å². The first kappa shape index (κ1) is 15.3. The Morgan fingerprint density at radius 3 is 2.52 bits per heavy atom. The maximum Gasteiger partial charge on any atom is 0.150 e. The minimum atomic E-state index is 0.725. The van der Waals surface area contributed by atoms with Gasteiger partial charge >= 0.3 is 0 Å². The van der Waals surface area contributed by atoms with Crippen LogP contribution in [-0.2, 0) is 6.54 Å². The lowest BCUT2D eigenvalue weighted by Gasteiger charge is -2.22. The van der Waals surface area contributed by atoms with Crippen molar-refractivity contribution in [3.05, 3.63) is 47.9 Å². The van der Waals surface area contributed by atoms with E-state index in [1.54, 1.807) is 0 Å². The van der Waals surface area contributed by atoms with E-state index >= 15 is 0 Å². The number of hydrogen-bond acceptors (Lipinski definition) is 4. The Balaban J connectivity index is 2.15. The van der Waals surface area contributed by atoms with Gasteiger partial charge < -0.3 is 10.2 Å². The molecule has 4 nitrogen and oxygen atoms in total. The third-order valence-electron chi connectivity index (χ3n) is 3.29. The maximum absolute atomic E-state index is 4.62. The van der Waals surface area contributed by atoms with E-state index in [0.717, 1.165) is 43.4 Å². The van der Waals surface area contributed by atoms with Gasteiger partial charge in [0.05, 0.1) is 6.54 Å². The second-order valence-electron chi connectivity index (χ2n) is 5.09. The van der Waals surface area contributed by atoms with Gasteiger partial charge in [0.2, 0.25) is 0 Å². The summed E-state index contributed by atoms with van der Waals surface area (Å²) in [6, 6.07) is 12.4. The first-order chi connectivity index (χ1) is 10.2. The van der Waals surface area contributed by atoms with Gasteiger partial charge in [-0.1, -0.05) is 25.1 Å². The van der Waals surface area contributed by atoms with Crippen LogP contribution in [0.2, 0.25) is 0 Å². The van der Waals surface area contributed by atoms with Crippen LogP contribution < -0.4 is 10.2 Å². The Kier molecular flexibility index (Phi) is 5.55. The van der Waals surface area contributed by atoms with E-state index in [0.29, 0.717) is 0 Å². The average molecular weight is 284 g/mol. The van der Waals surface area contributed by atoms with Gasteiger partial charge in [-0.25, -0.2) is 9.97 Å². The molecule has 1 N–H and O–H groups in total. The molecule has 0 fully saturated rings. The van der Waals surface area contributed by atoms with Crippen LogP contribution in [-0.4, -0.2) is 23.1 Å². The van der Waals surface area contributed by atoms with Crippen LogP contribution in [0.25, 0.3) is 0 Å². The molecule has 0 atom stereocenters. The predicted molar refractivity (Wildman–Crippen MR) is 88.7 cm³/mol. The highest BCUT2D eigenvalue weighted by Gasteiger charge is 2.08. The first-order valence-electron chi connectivity index (χ1n) is 7.61. The van der Waals surface area contributed by atoms with Crippen LogP contribution >= 0.6 is 0 Å². The van der Waals surface area contributed by atoms with Gasteiger partial charge in [0.15, 0.2) is 0 Å². The second kappa shape index (κ2) is 7.62. The molecule has 1 heterocycles. The van der Waals surface area contributed by atoms with Gasteiger partial charge in [0.1, 0.15) is 11.6 Å². The molecular weight excluding hydrogens is 260 g/mol. The summed E-state index contributed by atoms with van der Waals surface area (Å²) < 4.78 is 0. The number of rotatable bonds is 7. The minimum Gasteiger partial charge on any atom is -0.370 e. The third kappa shape index (κ3) is 4.45. The number of nitrogens with one attached hydrogen (secondary N) is 1. The Hall–Kier alpha value is -2.10. The number of nitrogens with zero attached hydrogens (tertiary/aromatic N) is 3. The van der Waals surface area contributed by atoms with Crippen molar-refractivity contribution in [3.8, 4) is 0 Å². The molecule has 112 valence electrons. The molecule has 21 heavy (non-hydrogen) atoms. The monoisotopic (exact) mass is 284 g/mol. The lowest BCUT2D eigenvalue weighted by molar-refractivity contribution is 0.774. The van der Waals surface area contributed by atoms with E-state index in [1.807, 2.05) is 19.1 Å². The summed E-state index contributed by atoms with van der Waals surface area (Å²) in [7, 11) is 0. The highest BCUT2D eigenvalue weighted by molar-refractivity contribution is 5.46. The summed E-state index contributed by atoms with van der Waals surface area (Å²) in [6.45, 7) is 8.91. The molecule has 0 aliphatic heterocycles. The fourth-order valence-electron chi connectivity index (χ4n) is 2.24. The highest BCUT2D eigenvalue weighted by Crippen LogP contribution is 2.16. The molecule has 0 radical (unpaired) electrons. The highest BCUT2D eigenvalue weighted by atomic mass is 15.2. The van der Waals surface area contributed by atoms with Gasteiger partial charge in [-0.3, -0.25) is 0 Å². The van der Waals surface area contributed by atoms with Crippen molar-refractivity contribution >= 4 is 11.5 Å². The second-order valence-corrected chi connectivity index (χ2v) is 5.09. The fraction of sp³-hybridized carbons (Fsp3) is 0.412. The topological polar surface area (TPSA) is 41.1 Å². The lowest BCUT2D eigenvalue weighted by Crippen LogP contribution is -2.23. The minimum absolute atomic E-state index is 0.725. The molecule has 2 rings (SSSR count). The molecule has 0 aliphatic rings. The summed E-state index contributed by atoms with van der Waals surface area (Å²) >= 11 is 0. The molecule has 0 spiro atoms. The van der Waals surface area contributed by atoms with Crippen LogP contribution in [0.1, 0.15) is 31.8 Å². The van der Waals surface area contributed by atoms with E-state index in [1.165, 1.54) is 5.69 Å². The van der Waals surface area contributed by atoms with Gasteiger partial charge in [0, 0.05) is 30.5 Å². The SMILES string of the molecule is CCCNc1cc(C)nc(CN(CC)c2ccccc2)n1. The molecule has 0 bridgehead atoms. The predicted octanol–water partition coefficient (Wildman–Crippen LogP) is 3.63. The Morgan fingerprint density at radius 2 is 1.86 bits per heavy atom.